The molecule has 2 nitrogen and oxygen atoms in total. The highest BCUT2D eigenvalue weighted by Crippen LogP contribution is 2.14. The fourth-order valence-corrected chi connectivity index (χ4v) is 2.38. The highest BCUT2D eigenvalue weighted by atomic mass is 32.2. The molecule has 0 amide bonds. The third-order valence-electron chi connectivity index (χ3n) is 2.29. The Morgan fingerprint density at radius 2 is 1.85 bits per heavy atom. The highest BCUT2D eigenvalue weighted by molar-refractivity contribution is 7.99. The van der Waals surface area contributed by atoms with Gasteiger partial charge in [0.2, 0.25) is 0 Å². The Morgan fingerprint density at radius 1 is 1.23 bits per heavy atom. The Balaban J connectivity index is 3.59. The molecule has 0 heterocycles. The molecule has 0 aliphatic heterocycles. The topological polar surface area (TPSA) is 38.0 Å². The SMILES string of the molecule is CCC(C)C(CSCC(C)C)NN. The third-order valence-corrected chi connectivity index (χ3v) is 3.79. The molecule has 3 N–H and O–H groups in total. The van der Waals surface area contributed by atoms with Crippen molar-refractivity contribution in [2.75, 3.05) is 11.5 Å². The minimum absolute atomic E-state index is 0.466. The number of hydrogen-bond acceptors (Lipinski definition) is 3. The van der Waals surface area contributed by atoms with E-state index in [1.165, 1.54) is 12.2 Å². The van der Waals surface area contributed by atoms with Gasteiger partial charge in [0, 0.05) is 11.8 Å². The summed E-state index contributed by atoms with van der Waals surface area (Å²) in [5, 5.41) is 0. The smallest absolute Gasteiger partial charge is 0.0326 e. The van der Waals surface area contributed by atoms with Crippen LogP contribution < -0.4 is 11.3 Å². The van der Waals surface area contributed by atoms with Crippen LogP contribution >= 0.6 is 11.8 Å². The zero-order chi connectivity index (χ0) is 10.3. The lowest BCUT2D eigenvalue weighted by atomic mass is 10.0. The molecule has 0 bridgehead atoms. The summed E-state index contributed by atoms with van der Waals surface area (Å²) in [5.41, 5.74) is 2.91. The zero-order valence-electron chi connectivity index (χ0n) is 9.34. The van der Waals surface area contributed by atoms with E-state index in [2.05, 4.69) is 33.1 Å². The van der Waals surface area contributed by atoms with Gasteiger partial charge in [0.05, 0.1) is 0 Å². The highest BCUT2D eigenvalue weighted by Gasteiger charge is 2.13. The van der Waals surface area contributed by atoms with Crippen LogP contribution in [0, 0.1) is 11.8 Å². The van der Waals surface area contributed by atoms with Crippen LogP contribution in [-0.2, 0) is 0 Å². The molecule has 0 aliphatic rings. The van der Waals surface area contributed by atoms with Crippen LogP contribution in [0.25, 0.3) is 0 Å². The first-order valence-electron chi connectivity index (χ1n) is 5.15. The van der Waals surface area contributed by atoms with Crippen molar-refractivity contribution in [3.05, 3.63) is 0 Å². The van der Waals surface area contributed by atoms with Gasteiger partial charge in [-0.1, -0.05) is 34.1 Å². The molecule has 0 rings (SSSR count). The van der Waals surface area contributed by atoms with E-state index in [4.69, 9.17) is 5.84 Å². The van der Waals surface area contributed by atoms with Gasteiger partial charge in [-0.3, -0.25) is 11.3 Å². The lowest BCUT2D eigenvalue weighted by molar-refractivity contribution is 0.403. The van der Waals surface area contributed by atoms with E-state index in [1.54, 1.807) is 0 Å². The van der Waals surface area contributed by atoms with Crippen LogP contribution in [0.5, 0.6) is 0 Å². The largest absolute Gasteiger partial charge is 0.271 e. The fourth-order valence-electron chi connectivity index (χ4n) is 1.09. The summed E-state index contributed by atoms with van der Waals surface area (Å²) in [6.45, 7) is 8.96. The first-order valence-corrected chi connectivity index (χ1v) is 6.31. The molecule has 2 atom stereocenters. The van der Waals surface area contributed by atoms with E-state index < -0.39 is 0 Å². The summed E-state index contributed by atoms with van der Waals surface area (Å²) in [6, 6.07) is 0.466. The minimum atomic E-state index is 0.466. The van der Waals surface area contributed by atoms with E-state index in [1.807, 2.05) is 11.8 Å². The quantitative estimate of drug-likeness (QED) is 0.493. The van der Waals surface area contributed by atoms with Crippen LogP contribution in [0.4, 0.5) is 0 Å². The monoisotopic (exact) mass is 204 g/mol. The Hall–Kier alpha value is 0.270. The molecule has 0 aromatic carbocycles. The Morgan fingerprint density at radius 3 is 2.23 bits per heavy atom. The molecule has 2 unspecified atom stereocenters. The van der Waals surface area contributed by atoms with Crippen molar-refractivity contribution in [3.63, 3.8) is 0 Å². The van der Waals surface area contributed by atoms with Gasteiger partial charge in [-0.15, -0.1) is 0 Å². The normalized spacial score (nSPS) is 16.2. The summed E-state index contributed by atoms with van der Waals surface area (Å²) in [7, 11) is 0. The van der Waals surface area contributed by atoms with Crippen molar-refractivity contribution in [1.82, 2.24) is 5.43 Å². The second kappa shape index (κ2) is 7.65. The molecule has 13 heavy (non-hydrogen) atoms. The van der Waals surface area contributed by atoms with Gasteiger partial charge in [-0.2, -0.15) is 11.8 Å². The van der Waals surface area contributed by atoms with Crippen molar-refractivity contribution >= 4 is 11.8 Å². The predicted octanol–water partition coefficient (Wildman–Crippen LogP) is 2.25. The second-order valence-corrected chi connectivity index (χ2v) is 5.16. The first-order chi connectivity index (χ1) is 6.11. The third kappa shape index (κ3) is 6.36. The van der Waals surface area contributed by atoms with Crippen LogP contribution in [0.1, 0.15) is 34.1 Å². The van der Waals surface area contributed by atoms with Gasteiger partial charge in [-0.05, 0) is 17.6 Å². The Bertz CT molecular complexity index is 117. The van der Waals surface area contributed by atoms with Crippen LogP contribution in [0.2, 0.25) is 0 Å². The molecule has 0 aromatic rings. The van der Waals surface area contributed by atoms with Crippen LogP contribution in [0.15, 0.2) is 0 Å². The first kappa shape index (κ1) is 13.3. The number of thioether (sulfide) groups is 1. The number of hydrazine groups is 1. The molecule has 0 aromatic heterocycles. The van der Waals surface area contributed by atoms with Gasteiger partial charge in [0.15, 0.2) is 0 Å². The number of nitrogens with one attached hydrogen (secondary N) is 1. The number of hydrogen-bond donors (Lipinski definition) is 2. The van der Waals surface area contributed by atoms with Crippen molar-refractivity contribution in [2.24, 2.45) is 17.7 Å². The predicted molar refractivity (Wildman–Crippen MR) is 62.7 cm³/mol. The molecular weight excluding hydrogens is 180 g/mol. The minimum Gasteiger partial charge on any atom is -0.271 e. The second-order valence-electron chi connectivity index (χ2n) is 4.09. The maximum absolute atomic E-state index is 5.50. The van der Waals surface area contributed by atoms with Crippen molar-refractivity contribution in [1.29, 1.82) is 0 Å². The summed E-state index contributed by atoms with van der Waals surface area (Å²) >= 11 is 2.00. The van der Waals surface area contributed by atoms with E-state index in [-0.39, 0.29) is 0 Å². The molecule has 0 spiro atoms. The van der Waals surface area contributed by atoms with Crippen molar-refractivity contribution in [2.45, 2.75) is 40.2 Å². The molecular formula is C10H24N2S. The van der Waals surface area contributed by atoms with Gasteiger partial charge in [0.1, 0.15) is 0 Å². The summed E-state index contributed by atoms with van der Waals surface area (Å²) in [6.07, 6.45) is 1.19. The van der Waals surface area contributed by atoms with E-state index in [0.29, 0.717) is 12.0 Å². The van der Waals surface area contributed by atoms with Gasteiger partial charge < -0.3 is 0 Å². The van der Waals surface area contributed by atoms with Crippen LogP contribution in [-0.4, -0.2) is 17.5 Å². The van der Waals surface area contributed by atoms with Crippen molar-refractivity contribution < 1.29 is 0 Å². The van der Waals surface area contributed by atoms with Crippen molar-refractivity contribution in [3.8, 4) is 0 Å². The molecule has 0 saturated heterocycles. The molecule has 3 heteroatoms. The van der Waals surface area contributed by atoms with Gasteiger partial charge in [0.25, 0.3) is 0 Å². The average molecular weight is 204 g/mol. The van der Waals surface area contributed by atoms with E-state index in [0.717, 1.165) is 11.7 Å². The van der Waals surface area contributed by atoms with Crippen LogP contribution in [0.3, 0.4) is 0 Å². The maximum atomic E-state index is 5.50. The summed E-state index contributed by atoms with van der Waals surface area (Å²) in [4.78, 5) is 0. The number of rotatable bonds is 7. The fraction of sp³-hybridized carbons (Fsp3) is 1.00. The lowest BCUT2D eigenvalue weighted by Gasteiger charge is -2.21. The average Bonchev–Trinajstić information content (AvgIpc) is 2.11. The summed E-state index contributed by atoms with van der Waals surface area (Å²) < 4.78 is 0. The summed E-state index contributed by atoms with van der Waals surface area (Å²) in [5.74, 6) is 9.31. The Kier molecular flexibility index (Phi) is 7.81. The van der Waals surface area contributed by atoms with E-state index in [9.17, 15) is 0 Å². The maximum Gasteiger partial charge on any atom is 0.0326 e. The molecule has 0 fully saturated rings. The van der Waals surface area contributed by atoms with Gasteiger partial charge in [-0.25, -0.2) is 0 Å². The Labute approximate surface area is 87.0 Å². The zero-order valence-corrected chi connectivity index (χ0v) is 10.2. The molecule has 80 valence electrons. The number of nitrogens with two attached hydrogens (primary N) is 1. The van der Waals surface area contributed by atoms with Gasteiger partial charge >= 0.3 is 0 Å². The standard InChI is InChI=1S/C10H24N2S/c1-5-9(4)10(12-11)7-13-6-8(2)3/h8-10,12H,5-7,11H2,1-4H3. The molecule has 0 radical (unpaired) electrons. The molecule has 0 aliphatic carbocycles. The molecule has 0 saturated carbocycles. The lowest BCUT2D eigenvalue weighted by Crippen LogP contribution is -2.41. The van der Waals surface area contributed by atoms with E-state index >= 15 is 0 Å².